The van der Waals surface area contributed by atoms with E-state index in [1.165, 1.54) is 18.4 Å². The summed E-state index contributed by atoms with van der Waals surface area (Å²) in [5.74, 6) is 1.75. The van der Waals surface area contributed by atoms with Crippen LogP contribution in [0.15, 0.2) is 34.9 Å². The lowest BCUT2D eigenvalue weighted by Gasteiger charge is -2.19. The predicted molar refractivity (Wildman–Crippen MR) is 77.5 cm³/mol. The monoisotopic (exact) mass is 271 g/mol. The van der Waals surface area contributed by atoms with Crippen molar-refractivity contribution in [2.45, 2.75) is 44.6 Å². The number of rotatable bonds is 4. The summed E-state index contributed by atoms with van der Waals surface area (Å²) >= 11 is 0. The Morgan fingerprint density at radius 1 is 1.30 bits per heavy atom. The van der Waals surface area contributed by atoms with Crippen LogP contribution >= 0.6 is 0 Å². The van der Waals surface area contributed by atoms with Gasteiger partial charge in [0.1, 0.15) is 0 Å². The van der Waals surface area contributed by atoms with Crippen LogP contribution in [0.1, 0.15) is 61.8 Å². The number of nitrogens with one attached hydrogen (secondary N) is 1. The first-order valence-corrected chi connectivity index (χ1v) is 7.50. The first kappa shape index (κ1) is 13.3. The highest BCUT2D eigenvalue weighted by molar-refractivity contribution is 5.24. The van der Waals surface area contributed by atoms with Gasteiger partial charge in [-0.05, 0) is 31.4 Å². The molecule has 20 heavy (non-hydrogen) atoms. The van der Waals surface area contributed by atoms with E-state index < -0.39 is 0 Å². The summed E-state index contributed by atoms with van der Waals surface area (Å²) in [6.45, 7) is 3.20. The third-order valence-electron chi connectivity index (χ3n) is 3.99. The van der Waals surface area contributed by atoms with Crippen LogP contribution in [-0.2, 0) is 0 Å². The van der Waals surface area contributed by atoms with Crippen molar-refractivity contribution in [1.82, 2.24) is 15.5 Å². The summed E-state index contributed by atoms with van der Waals surface area (Å²) < 4.78 is 5.52. The van der Waals surface area contributed by atoms with Gasteiger partial charge in [-0.25, -0.2) is 0 Å². The molecule has 2 atom stereocenters. The fourth-order valence-electron chi connectivity index (χ4n) is 2.84. The number of benzene rings is 1. The van der Waals surface area contributed by atoms with Crippen LogP contribution in [0.2, 0.25) is 0 Å². The minimum absolute atomic E-state index is 0.195. The molecular weight excluding hydrogens is 250 g/mol. The maximum absolute atomic E-state index is 5.52. The minimum atomic E-state index is 0.195. The maximum atomic E-state index is 5.52. The van der Waals surface area contributed by atoms with Gasteiger partial charge in [-0.3, -0.25) is 0 Å². The van der Waals surface area contributed by atoms with E-state index in [0.717, 1.165) is 31.1 Å². The number of aromatic nitrogens is 2. The van der Waals surface area contributed by atoms with Gasteiger partial charge in [0.15, 0.2) is 5.82 Å². The van der Waals surface area contributed by atoms with Crippen LogP contribution < -0.4 is 5.32 Å². The fourth-order valence-corrected chi connectivity index (χ4v) is 2.84. The van der Waals surface area contributed by atoms with Crippen LogP contribution in [0, 0.1) is 0 Å². The highest BCUT2D eigenvalue weighted by Gasteiger charge is 2.24. The summed E-state index contributed by atoms with van der Waals surface area (Å²) in [6, 6.07) is 10.6. The zero-order chi connectivity index (χ0) is 13.8. The van der Waals surface area contributed by atoms with Gasteiger partial charge in [-0.15, -0.1) is 0 Å². The topological polar surface area (TPSA) is 51.0 Å². The first-order valence-electron chi connectivity index (χ1n) is 7.50. The molecule has 106 valence electrons. The molecule has 0 aliphatic carbocycles. The van der Waals surface area contributed by atoms with E-state index in [-0.39, 0.29) is 12.0 Å². The molecule has 0 amide bonds. The number of hydrogen-bond acceptors (Lipinski definition) is 4. The van der Waals surface area contributed by atoms with E-state index in [4.69, 9.17) is 4.52 Å². The molecule has 2 unspecified atom stereocenters. The second kappa shape index (κ2) is 6.18. The molecular formula is C16H21N3O. The molecule has 2 heterocycles. The van der Waals surface area contributed by atoms with Crippen molar-refractivity contribution in [3.63, 3.8) is 0 Å². The SMILES string of the molecule is CCC(c1ccccc1)c1nc(C2CCCCN2)no1. The van der Waals surface area contributed by atoms with Crippen molar-refractivity contribution in [2.75, 3.05) is 6.54 Å². The second-order valence-corrected chi connectivity index (χ2v) is 5.36. The van der Waals surface area contributed by atoms with Crippen LogP contribution in [0.4, 0.5) is 0 Å². The first-order chi connectivity index (χ1) is 9.88. The van der Waals surface area contributed by atoms with Crippen LogP contribution in [-0.4, -0.2) is 16.7 Å². The Kier molecular flexibility index (Phi) is 4.11. The van der Waals surface area contributed by atoms with Gasteiger partial charge in [0.05, 0.1) is 12.0 Å². The Balaban J connectivity index is 1.81. The Hall–Kier alpha value is -1.68. The van der Waals surface area contributed by atoms with Crippen molar-refractivity contribution in [3.05, 3.63) is 47.6 Å². The fraction of sp³-hybridized carbons (Fsp3) is 0.500. The second-order valence-electron chi connectivity index (χ2n) is 5.36. The Bertz CT molecular complexity index is 532. The number of hydrogen-bond donors (Lipinski definition) is 1. The van der Waals surface area contributed by atoms with Crippen LogP contribution in [0.25, 0.3) is 0 Å². The van der Waals surface area contributed by atoms with Crippen molar-refractivity contribution >= 4 is 0 Å². The van der Waals surface area contributed by atoms with Crippen molar-refractivity contribution in [2.24, 2.45) is 0 Å². The number of piperidine rings is 1. The van der Waals surface area contributed by atoms with Gasteiger partial charge < -0.3 is 9.84 Å². The Morgan fingerprint density at radius 3 is 2.85 bits per heavy atom. The summed E-state index contributed by atoms with van der Waals surface area (Å²) in [6.07, 6.45) is 4.53. The molecule has 0 saturated carbocycles. The highest BCUT2D eigenvalue weighted by atomic mass is 16.5. The van der Waals surface area contributed by atoms with Gasteiger partial charge in [-0.1, -0.05) is 48.8 Å². The van der Waals surface area contributed by atoms with Gasteiger partial charge in [0, 0.05) is 0 Å². The van der Waals surface area contributed by atoms with Gasteiger partial charge in [0.2, 0.25) is 5.89 Å². The molecule has 1 aromatic carbocycles. The van der Waals surface area contributed by atoms with Crippen molar-refractivity contribution in [3.8, 4) is 0 Å². The zero-order valence-corrected chi connectivity index (χ0v) is 11.9. The average Bonchev–Trinajstić information content (AvgIpc) is 3.00. The smallest absolute Gasteiger partial charge is 0.234 e. The van der Waals surface area contributed by atoms with Gasteiger partial charge in [0.25, 0.3) is 0 Å². The molecule has 3 rings (SSSR count). The van der Waals surface area contributed by atoms with E-state index >= 15 is 0 Å². The molecule has 1 N–H and O–H groups in total. The third kappa shape index (κ3) is 2.75. The molecule has 1 aliphatic rings. The van der Waals surface area contributed by atoms with Crippen molar-refractivity contribution < 1.29 is 4.52 Å². The van der Waals surface area contributed by atoms with E-state index in [9.17, 15) is 0 Å². The Labute approximate surface area is 119 Å². The van der Waals surface area contributed by atoms with Crippen LogP contribution in [0.5, 0.6) is 0 Å². The van der Waals surface area contributed by atoms with Crippen LogP contribution in [0.3, 0.4) is 0 Å². The summed E-state index contributed by atoms with van der Waals surface area (Å²) in [4.78, 5) is 4.64. The molecule has 1 saturated heterocycles. The quantitative estimate of drug-likeness (QED) is 0.925. The predicted octanol–water partition coefficient (Wildman–Crippen LogP) is 3.43. The van der Waals surface area contributed by atoms with Gasteiger partial charge in [-0.2, -0.15) is 4.98 Å². The normalized spacial score (nSPS) is 20.8. The molecule has 0 radical (unpaired) electrons. The molecule has 1 aromatic heterocycles. The van der Waals surface area contributed by atoms with E-state index in [1.807, 2.05) is 6.07 Å². The molecule has 4 heteroatoms. The molecule has 0 spiro atoms. The average molecular weight is 271 g/mol. The standard InChI is InChI=1S/C16H21N3O/c1-2-13(12-8-4-3-5-9-12)16-18-15(19-20-16)14-10-6-7-11-17-14/h3-5,8-9,13-14,17H,2,6-7,10-11H2,1H3. The lowest BCUT2D eigenvalue weighted by atomic mass is 9.96. The molecule has 1 fully saturated rings. The lowest BCUT2D eigenvalue weighted by molar-refractivity contribution is 0.340. The van der Waals surface area contributed by atoms with E-state index in [2.05, 4.69) is 46.6 Å². The molecule has 2 aromatic rings. The molecule has 0 bridgehead atoms. The molecule has 4 nitrogen and oxygen atoms in total. The van der Waals surface area contributed by atoms with E-state index in [1.54, 1.807) is 0 Å². The highest BCUT2D eigenvalue weighted by Crippen LogP contribution is 2.28. The third-order valence-corrected chi connectivity index (χ3v) is 3.99. The summed E-state index contributed by atoms with van der Waals surface area (Å²) in [7, 11) is 0. The number of nitrogens with zero attached hydrogens (tertiary/aromatic N) is 2. The Morgan fingerprint density at radius 2 is 2.15 bits per heavy atom. The van der Waals surface area contributed by atoms with Gasteiger partial charge >= 0.3 is 0 Å². The zero-order valence-electron chi connectivity index (χ0n) is 11.9. The maximum Gasteiger partial charge on any atom is 0.234 e. The molecule has 1 aliphatic heterocycles. The lowest BCUT2D eigenvalue weighted by Crippen LogP contribution is -2.27. The van der Waals surface area contributed by atoms with Crippen molar-refractivity contribution in [1.29, 1.82) is 0 Å². The largest absolute Gasteiger partial charge is 0.339 e. The summed E-state index contributed by atoms with van der Waals surface area (Å²) in [5.41, 5.74) is 1.24. The summed E-state index contributed by atoms with van der Waals surface area (Å²) in [5, 5.41) is 7.65. The van der Waals surface area contributed by atoms with E-state index in [0.29, 0.717) is 0 Å². The minimum Gasteiger partial charge on any atom is -0.339 e.